The first-order valence-corrected chi connectivity index (χ1v) is 6.70. The largest absolute Gasteiger partial charge is 0.373 e. The number of hydrogen-bond donors (Lipinski definition) is 1. The van der Waals surface area contributed by atoms with Gasteiger partial charge in [0, 0.05) is 6.04 Å². The van der Waals surface area contributed by atoms with Crippen LogP contribution in [-0.2, 0) is 4.74 Å². The van der Waals surface area contributed by atoms with Gasteiger partial charge in [0.05, 0.1) is 12.2 Å². The van der Waals surface area contributed by atoms with Gasteiger partial charge in [-0.15, -0.1) is 0 Å². The highest BCUT2D eigenvalue weighted by Crippen LogP contribution is 2.25. The topological polar surface area (TPSA) is 21.3 Å². The van der Waals surface area contributed by atoms with Gasteiger partial charge in [-0.05, 0) is 38.6 Å². The molecule has 0 aromatic rings. The molecule has 0 amide bonds. The predicted octanol–water partition coefficient (Wildman–Crippen LogP) is 3.11. The summed E-state index contributed by atoms with van der Waals surface area (Å²) in [7, 11) is 0. The zero-order valence-electron chi connectivity index (χ0n) is 10.6. The van der Waals surface area contributed by atoms with E-state index in [-0.39, 0.29) is 0 Å². The molecular weight excluding hydrogens is 186 g/mol. The van der Waals surface area contributed by atoms with Crippen LogP contribution in [0.5, 0.6) is 0 Å². The highest BCUT2D eigenvalue weighted by molar-refractivity contribution is 4.79. The highest BCUT2D eigenvalue weighted by Gasteiger charge is 2.26. The van der Waals surface area contributed by atoms with Gasteiger partial charge in [0.15, 0.2) is 0 Å². The highest BCUT2D eigenvalue weighted by atomic mass is 16.5. The molecule has 1 rings (SSSR count). The van der Waals surface area contributed by atoms with E-state index in [1.165, 1.54) is 32.1 Å². The second-order valence-electron chi connectivity index (χ2n) is 4.59. The van der Waals surface area contributed by atoms with Crippen LogP contribution in [-0.4, -0.2) is 24.8 Å². The number of ether oxygens (including phenoxy) is 1. The van der Waals surface area contributed by atoms with Gasteiger partial charge in [0.2, 0.25) is 0 Å². The van der Waals surface area contributed by atoms with E-state index in [1.54, 1.807) is 0 Å². The zero-order valence-corrected chi connectivity index (χ0v) is 10.6. The van der Waals surface area contributed by atoms with Crippen molar-refractivity contribution in [1.82, 2.24) is 5.32 Å². The second-order valence-corrected chi connectivity index (χ2v) is 4.59. The molecule has 0 aliphatic heterocycles. The quantitative estimate of drug-likeness (QED) is 0.669. The average molecular weight is 213 g/mol. The summed E-state index contributed by atoms with van der Waals surface area (Å²) in [4.78, 5) is 0. The molecule has 1 saturated carbocycles. The van der Waals surface area contributed by atoms with Gasteiger partial charge >= 0.3 is 0 Å². The molecule has 0 aromatic heterocycles. The predicted molar refractivity (Wildman–Crippen MR) is 65.2 cm³/mol. The molecule has 1 fully saturated rings. The van der Waals surface area contributed by atoms with E-state index in [1.807, 2.05) is 0 Å². The summed E-state index contributed by atoms with van der Waals surface area (Å²) in [6.07, 6.45) is 8.52. The van der Waals surface area contributed by atoms with Crippen molar-refractivity contribution in [2.75, 3.05) is 6.54 Å². The second kappa shape index (κ2) is 7.24. The molecule has 0 bridgehead atoms. The molecule has 0 saturated heterocycles. The summed E-state index contributed by atoms with van der Waals surface area (Å²) >= 11 is 0. The van der Waals surface area contributed by atoms with Crippen LogP contribution in [0.3, 0.4) is 0 Å². The Kier molecular flexibility index (Phi) is 6.26. The van der Waals surface area contributed by atoms with Crippen molar-refractivity contribution in [2.45, 2.75) is 77.5 Å². The first-order valence-electron chi connectivity index (χ1n) is 6.70. The average Bonchev–Trinajstić information content (AvgIpc) is 2.17. The number of likely N-dealkylation sites (N-methyl/N-ethyl adjacent to an activating group) is 1. The van der Waals surface area contributed by atoms with Crippen LogP contribution in [0.2, 0.25) is 0 Å². The molecule has 15 heavy (non-hydrogen) atoms. The Labute approximate surface area is 94.8 Å². The van der Waals surface area contributed by atoms with Crippen molar-refractivity contribution in [3.8, 4) is 0 Å². The fourth-order valence-corrected chi connectivity index (χ4v) is 2.22. The smallest absolute Gasteiger partial charge is 0.0729 e. The van der Waals surface area contributed by atoms with Crippen molar-refractivity contribution in [2.24, 2.45) is 0 Å². The third kappa shape index (κ3) is 4.12. The SMILES string of the molecule is CCCC(NCC)C(CC)OC1CCC1. The first-order chi connectivity index (χ1) is 7.31. The molecule has 0 aromatic carbocycles. The van der Waals surface area contributed by atoms with E-state index < -0.39 is 0 Å². The first kappa shape index (κ1) is 13.0. The molecule has 1 aliphatic carbocycles. The fourth-order valence-electron chi connectivity index (χ4n) is 2.22. The van der Waals surface area contributed by atoms with Gasteiger partial charge in [-0.1, -0.05) is 27.2 Å². The molecule has 2 heteroatoms. The monoisotopic (exact) mass is 213 g/mol. The van der Waals surface area contributed by atoms with Crippen molar-refractivity contribution in [1.29, 1.82) is 0 Å². The standard InChI is InChI=1S/C13H27NO/c1-4-8-12(14-6-3)13(5-2)15-11-9-7-10-11/h11-14H,4-10H2,1-3H3. The van der Waals surface area contributed by atoms with E-state index in [2.05, 4.69) is 26.1 Å². The molecule has 0 spiro atoms. The lowest BCUT2D eigenvalue weighted by molar-refractivity contribution is -0.0683. The third-order valence-electron chi connectivity index (χ3n) is 3.34. The maximum absolute atomic E-state index is 6.14. The molecule has 2 nitrogen and oxygen atoms in total. The Balaban J connectivity index is 2.35. The van der Waals surface area contributed by atoms with Crippen molar-refractivity contribution >= 4 is 0 Å². The van der Waals surface area contributed by atoms with Crippen LogP contribution in [0, 0.1) is 0 Å². The molecule has 2 unspecified atom stereocenters. The van der Waals surface area contributed by atoms with E-state index in [0.717, 1.165) is 13.0 Å². The number of hydrogen-bond acceptors (Lipinski definition) is 2. The Bertz CT molecular complexity index is 151. The van der Waals surface area contributed by atoms with Crippen LogP contribution in [0.4, 0.5) is 0 Å². The minimum Gasteiger partial charge on any atom is -0.373 e. The van der Waals surface area contributed by atoms with E-state index in [4.69, 9.17) is 4.74 Å². The van der Waals surface area contributed by atoms with Gasteiger partial charge in [0.1, 0.15) is 0 Å². The Morgan fingerprint density at radius 2 is 2.00 bits per heavy atom. The van der Waals surface area contributed by atoms with Crippen LogP contribution >= 0.6 is 0 Å². The lowest BCUT2D eigenvalue weighted by Crippen LogP contribution is -2.43. The maximum Gasteiger partial charge on any atom is 0.0729 e. The summed E-state index contributed by atoms with van der Waals surface area (Å²) in [5.74, 6) is 0. The lowest BCUT2D eigenvalue weighted by Gasteiger charge is -2.34. The van der Waals surface area contributed by atoms with Gasteiger partial charge in [0.25, 0.3) is 0 Å². The Morgan fingerprint density at radius 1 is 1.27 bits per heavy atom. The summed E-state index contributed by atoms with van der Waals surface area (Å²) in [5.41, 5.74) is 0. The van der Waals surface area contributed by atoms with Gasteiger partial charge in [-0.3, -0.25) is 0 Å². The molecule has 2 atom stereocenters. The van der Waals surface area contributed by atoms with Gasteiger partial charge in [-0.25, -0.2) is 0 Å². The Morgan fingerprint density at radius 3 is 2.40 bits per heavy atom. The van der Waals surface area contributed by atoms with Gasteiger partial charge in [-0.2, -0.15) is 0 Å². The summed E-state index contributed by atoms with van der Waals surface area (Å²) < 4.78 is 6.14. The molecule has 0 heterocycles. The molecule has 90 valence electrons. The minimum absolute atomic E-state index is 0.426. The molecule has 1 N–H and O–H groups in total. The van der Waals surface area contributed by atoms with E-state index >= 15 is 0 Å². The molecular formula is C13H27NO. The summed E-state index contributed by atoms with van der Waals surface area (Å²) in [5, 5.41) is 3.56. The van der Waals surface area contributed by atoms with Crippen molar-refractivity contribution in [3.05, 3.63) is 0 Å². The Hall–Kier alpha value is -0.0800. The van der Waals surface area contributed by atoms with Crippen LogP contribution < -0.4 is 5.32 Å². The third-order valence-corrected chi connectivity index (χ3v) is 3.34. The van der Waals surface area contributed by atoms with Crippen molar-refractivity contribution in [3.63, 3.8) is 0 Å². The van der Waals surface area contributed by atoms with Crippen LogP contribution in [0.1, 0.15) is 59.3 Å². The van der Waals surface area contributed by atoms with E-state index in [0.29, 0.717) is 18.2 Å². The zero-order chi connectivity index (χ0) is 11.1. The maximum atomic E-state index is 6.14. The lowest BCUT2D eigenvalue weighted by atomic mass is 9.95. The summed E-state index contributed by atoms with van der Waals surface area (Å²) in [6, 6.07) is 0.561. The number of nitrogens with one attached hydrogen (secondary N) is 1. The van der Waals surface area contributed by atoms with Crippen LogP contribution in [0.15, 0.2) is 0 Å². The minimum atomic E-state index is 0.426. The van der Waals surface area contributed by atoms with Crippen LogP contribution in [0.25, 0.3) is 0 Å². The van der Waals surface area contributed by atoms with Crippen molar-refractivity contribution < 1.29 is 4.74 Å². The summed E-state index contributed by atoms with van der Waals surface area (Å²) in [6.45, 7) is 7.72. The molecule has 0 radical (unpaired) electrons. The number of rotatable bonds is 8. The normalized spacial score (nSPS) is 21.0. The fraction of sp³-hybridized carbons (Fsp3) is 1.00. The van der Waals surface area contributed by atoms with E-state index in [9.17, 15) is 0 Å². The van der Waals surface area contributed by atoms with Gasteiger partial charge < -0.3 is 10.1 Å². The molecule has 1 aliphatic rings.